The highest BCUT2D eigenvalue weighted by Crippen LogP contribution is 2.33. The van der Waals surface area contributed by atoms with Gasteiger partial charge in [0, 0.05) is 23.5 Å². The van der Waals surface area contributed by atoms with E-state index in [4.69, 9.17) is 11.6 Å². The molecule has 6 aromatic rings. The Morgan fingerprint density at radius 2 is 1.81 bits per heavy atom. The molecule has 3 aromatic carbocycles. The number of β-amino-alcohol motifs (C(OH)–C–C–N with tert-alkyl or cyclic N) is 1. The molecule has 1 amide bonds. The van der Waals surface area contributed by atoms with Gasteiger partial charge in [-0.1, -0.05) is 35.9 Å². The van der Waals surface area contributed by atoms with E-state index in [1.54, 1.807) is 36.4 Å². The first-order valence-corrected chi connectivity index (χ1v) is 16.0. The summed E-state index contributed by atoms with van der Waals surface area (Å²) in [5.41, 5.74) is 0.239. The van der Waals surface area contributed by atoms with Crippen LogP contribution in [-0.4, -0.2) is 68.3 Å². The van der Waals surface area contributed by atoms with Crippen molar-refractivity contribution in [1.82, 2.24) is 29.6 Å². The van der Waals surface area contributed by atoms with Crippen molar-refractivity contribution in [2.45, 2.75) is 17.9 Å². The van der Waals surface area contributed by atoms with Gasteiger partial charge in [0.25, 0.3) is 15.9 Å². The Balaban J connectivity index is 1.26. The molecule has 0 aliphatic carbocycles. The molecule has 7 rings (SSSR count). The summed E-state index contributed by atoms with van der Waals surface area (Å²) < 4.78 is 60.7. The fourth-order valence-electron chi connectivity index (χ4n) is 5.25. The van der Waals surface area contributed by atoms with Gasteiger partial charge in [-0.25, -0.2) is 36.8 Å². The summed E-state index contributed by atoms with van der Waals surface area (Å²) in [6.45, 7) is 1.92. The number of pyridine rings is 1. The van der Waals surface area contributed by atoms with E-state index in [1.807, 2.05) is 0 Å². The van der Waals surface area contributed by atoms with Crippen LogP contribution >= 0.6 is 11.6 Å². The van der Waals surface area contributed by atoms with Crippen LogP contribution in [0.25, 0.3) is 27.8 Å². The molecule has 3 N–H and O–H groups in total. The molecule has 4 heterocycles. The van der Waals surface area contributed by atoms with E-state index in [2.05, 4.69) is 30.1 Å². The lowest BCUT2D eigenvalue weighted by atomic mass is 10.1. The number of rotatable bonds is 7. The molecule has 0 bridgehead atoms. The number of nitrogens with zero attached hydrogens (tertiary/aromatic N) is 6. The molecular weight excluding hydrogens is 654 g/mol. The smallest absolute Gasteiger partial charge is 0.275 e. The van der Waals surface area contributed by atoms with Gasteiger partial charge in [0.15, 0.2) is 23.1 Å². The van der Waals surface area contributed by atoms with E-state index in [1.165, 1.54) is 41.0 Å². The molecule has 1 aliphatic rings. The maximum absolute atomic E-state index is 15.8. The summed E-state index contributed by atoms with van der Waals surface area (Å²) in [6, 6.07) is 16.4. The van der Waals surface area contributed by atoms with Gasteiger partial charge in [0.2, 0.25) is 0 Å². The van der Waals surface area contributed by atoms with Crippen LogP contribution in [0, 0.1) is 18.6 Å². The Labute approximate surface area is 270 Å². The minimum absolute atomic E-state index is 0.0809. The minimum Gasteiger partial charge on any atom is -0.389 e. The molecule has 47 heavy (non-hydrogen) atoms. The average molecular weight is 677 g/mol. The molecule has 238 valence electrons. The van der Waals surface area contributed by atoms with Crippen molar-refractivity contribution in [2.24, 2.45) is 0 Å². The third-order valence-electron chi connectivity index (χ3n) is 7.71. The number of hydrogen-bond acceptors (Lipinski definition) is 9. The number of carbonyl (C=O) groups is 1. The molecular formula is C31H23ClF2N8O4S. The number of benzene rings is 3. The number of likely N-dealkylation sites (tertiary alicyclic amines) is 1. The molecule has 0 radical (unpaired) electrons. The monoisotopic (exact) mass is 676 g/mol. The van der Waals surface area contributed by atoms with Crippen LogP contribution < -0.4 is 10.0 Å². The van der Waals surface area contributed by atoms with Gasteiger partial charge in [-0.15, -0.1) is 0 Å². The SMILES string of the molecule is Cc1c(Cl)cccc1S(=O)(=O)Nc1ccc(F)c(Nc2ncnc3ccc(-n4nc(C(=O)N5CC(O)C5)c5ccccc54)nc23)c1F. The highest BCUT2D eigenvalue weighted by molar-refractivity contribution is 7.92. The lowest BCUT2D eigenvalue weighted by molar-refractivity contribution is 0.00560. The van der Waals surface area contributed by atoms with Crippen LogP contribution in [0.1, 0.15) is 16.1 Å². The van der Waals surface area contributed by atoms with Crippen LogP contribution in [0.4, 0.5) is 26.0 Å². The number of amides is 1. The van der Waals surface area contributed by atoms with E-state index in [9.17, 15) is 18.3 Å². The van der Waals surface area contributed by atoms with Crippen molar-refractivity contribution in [3.63, 3.8) is 0 Å². The number of sulfonamides is 1. The highest BCUT2D eigenvalue weighted by Gasteiger charge is 2.32. The van der Waals surface area contributed by atoms with Crippen molar-refractivity contribution < 1.29 is 27.1 Å². The number of anilines is 3. The quantitative estimate of drug-likeness (QED) is 0.213. The molecule has 0 atom stereocenters. The van der Waals surface area contributed by atoms with Crippen molar-refractivity contribution in [1.29, 1.82) is 0 Å². The Bertz CT molecular complexity index is 2350. The summed E-state index contributed by atoms with van der Waals surface area (Å²) in [6.07, 6.45) is 0.598. The van der Waals surface area contributed by atoms with Gasteiger partial charge in [0.1, 0.15) is 23.3 Å². The molecule has 1 aliphatic heterocycles. The first-order valence-electron chi connectivity index (χ1n) is 14.1. The predicted molar refractivity (Wildman–Crippen MR) is 171 cm³/mol. The van der Waals surface area contributed by atoms with Crippen molar-refractivity contribution >= 4 is 66.7 Å². The Morgan fingerprint density at radius 1 is 1.02 bits per heavy atom. The van der Waals surface area contributed by atoms with E-state index in [0.29, 0.717) is 16.4 Å². The zero-order chi connectivity index (χ0) is 33.0. The second-order valence-corrected chi connectivity index (χ2v) is 12.8. The highest BCUT2D eigenvalue weighted by atomic mass is 35.5. The number of para-hydroxylation sites is 1. The fraction of sp³-hybridized carbons (Fsp3) is 0.129. The number of aliphatic hydroxyl groups is 1. The Morgan fingerprint density at radius 3 is 2.60 bits per heavy atom. The van der Waals surface area contributed by atoms with Crippen LogP contribution in [-0.2, 0) is 10.0 Å². The first kappa shape index (κ1) is 30.4. The molecule has 3 aromatic heterocycles. The summed E-state index contributed by atoms with van der Waals surface area (Å²) >= 11 is 6.08. The van der Waals surface area contributed by atoms with Crippen LogP contribution in [0.15, 0.2) is 78.0 Å². The van der Waals surface area contributed by atoms with Crippen molar-refractivity contribution in [3.05, 3.63) is 101 Å². The third-order valence-corrected chi connectivity index (χ3v) is 9.63. The van der Waals surface area contributed by atoms with E-state index >= 15 is 8.78 Å². The lowest BCUT2D eigenvalue weighted by Gasteiger charge is -2.35. The Kier molecular flexibility index (Phi) is 7.45. The van der Waals surface area contributed by atoms with Gasteiger partial charge >= 0.3 is 0 Å². The number of carbonyl (C=O) groups excluding carboxylic acids is 1. The largest absolute Gasteiger partial charge is 0.389 e. The van der Waals surface area contributed by atoms with Gasteiger partial charge < -0.3 is 15.3 Å². The summed E-state index contributed by atoms with van der Waals surface area (Å²) in [7, 11) is -4.30. The van der Waals surface area contributed by atoms with Crippen molar-refractivity contribution in [3.8, 4) is 5.82 Å². The first-order chi connectivity index (χ1) is 22.5. The van der Waals surface area contributed by atoms with Crippen LogP contribution in [0.2, 0.25) is 5.02 Å². The number of aromatic nitrogens is 5. The van der Waals surface area contributed by atoms with Crippen molar-refractivity contribution in [2.75, 3.05) is 23.1 Å². The predicted octanol–water partition coefficient (Wildman–Crippen LogP) is 4.96. The topological polar surface area (TPSA) is 155 Å². The number of aliphatic hydroxyl groups excluding tert-OH is 1. The molecule has 1 fully saturated rings. The molecule has 0 saturated carbocycles. The lowest BCUT2D eigenvalue weighted by Crippen LogP contribution is -2.53. The molecule has 0 unspecified atom stereocenters. The normalized spacial score (nSPS) is 13.6. The standard InChI is InChI=1S/C31H23ClF2N8O4S/c1-16-19(32)6-4-8-24(16)47(45,46)40-21-10-9-20(33)28(26(21)34)38-30-29-22(35-15-36-30)11-12-25(37-29)42-23-7-3-2-5-18(23)27(39-42)31(44)41-13-17(43)14-41/h2-12,15,17,40,43H,13-14H2,1H3,(H,35,36,38). The van der Waals surface area contributed by atoms with Crippen LogP contribution in [0.5, 0.6) is 0 Å². The zero-order valence-electron chi connectivity index (χ0n) is 24.3. The maximum Gasteiger partial charge on any atom is 0.275 e. The molecule has 0 spiro atoms. The maximum atomic E-state index is 15.8. The second kappa shape index (κ2) is 11.5. The number of fused-ring (bicyclic) bond motifs is 2. The summed E-state index contributed by atoms with van der Waals surface area (Å²) in [5.74, 6) is -2.42. The van der Waals surface area contributed by atoms with Gasteiger partial charge in [0.05, 0.1) is 27.7 Å². The molecule has 1 saturated heterocycles. The zero-order valence-corrected chi connectivity index (χ0v) is 25.9. The van der Waals surface area contributed by atoms with E-state index in [-0.39, 0.29) is 57.3 Å². The molecule has 12 nitrogen and oxygen atoms in total. The number of halogens is 3. The average Bonchev–Trinajstić information content (AvgIpc) is 3.43. The van der Waals surface area contributed by atoms with Gasteiger partial charge in [-0.2, -0.15) is 5.10 Å². The molecule has 16 heteroatoms. The summed E-state index contributed by atoms with van der Waals surface area (Å²) in [5, 5.41) is 17.6. The minimum atomic E-state index is -4.30. The fourth-order valence-corrected chi connectivity index (χ4v) is 6.81. The van der Waals surface area contributed by atoms with Gasteiger partial charge in [-0.05, 0) is 55.0 Å². The van der Waals surface area contributed by atoms with E-state index < -0.39 is 39.1 Å². The third kappa shape index (κ3) is 5.37. The van der Waals surface area contributed by atoms with E-state index in [0.717, 1.165) is 12.1 Å². The number of nitrogens with one attached hydrogen (secondary N) is 2. The Hall–Kier alpha value is -5.25. The number of hydrogen-bond donors (Lipinski definition) is 3. The van der Waals surface area contributed by atoms with Gasteiger partial charge in [-0.3, -0.25) is 9.52 Å². The summed E-state index contributed by atoms with van der Waals surface area (Å²) in [4.78, 5) is 27.5. The second-order valence-electron chi connectivity index (χ2n) is 10.8. The van der Waals surface area contributed by atoms with Crippen LogP contribution in [0.3, 0.4) is 0 Å².